The van der Waals surface area contributed by atoms with Crippen LogP contribution in [0.3, 0.4) is 0 Å². The minimum absolute atomic E-state index is 0.0567. The monoisotopic (exact) mass is 376 g/mol. The molecule has 0 bridgehead atoms. The summed E-state index contributed by atoms with van der Waals surface area (Å²) in [7, 11) is 3.05. The van der Waals surface area contributed by atoms with Crippen LogP contribution in [0.5, 0.6) is 0 Å². The van der Waals surface area contributed by atoms with Gasteiger partial charge in [0.05, 0.1) is 31.5 Å². The van der Waals surface area contributed by atoms with Crippen molar-refractivity contribution in [2.24, 2.45) is 5.92 Å². The molecule has 1 heterocycles. The quantitative estimate of drug-likeness (QED) is 0.528. The zero-order valence-corrected chi connectivity index (χ0v) is 16.5. The van der Waals surface area contributed by atoms with Crippen LogP contribution in [0, 0.1) is 5.92 Å². The van der Waals surface area contributed by atoms with Crippen molar-refractivity contribution in [3.05, 3.63) is 23.8 Å². The Bertz CT molecular complexity index is 627. The van der Waals surface area contributed by atoms with Crippen molar-refractivity contribution < 1.29 is 19.0 Å². The molecular weight excluding hydrogens is 344 g/mol. The molecule has 1 aliphatic carbocycles. The number of esters is 1. The number of hydrogen-bond acceptors (Lipinski definition) is 6. The summed E-state index contributed by atoms with van der Waals surface area (Å²) in [6, 6.07) is 6.68. The van der Waals surface area contributed by atoms with E-state index >= 15 is 0 Å². The maximum Gasteiger partial charge on any atom is 0.306 e. The molecule has 0 amide bonds. The molecule has 150 valence electrons. The lowest BCUT2D eigenvalue weighted by atomic mass is 9.95. The summed E-state index contributed by atoms with van der Waals surface area (Å²) in [5.74, 6) is 0.489. The maximum absolute atomic E-state index is 11.7. The van der Waals surface area contributed by atoms with E-state index in [9.17, 15) is 4.79 Å². The molecule has 6 nitrogen and oxygen atoms in total. The van der Waals surface area contributed by atoms with E-state index in [4.69, 9.17) is 19.9 Å². The first-order valence-corrected chi connectivity index (χ1v) is 9.92. The summed E-state index contributed by atoms with van der Waals surface area (Å²) in [6.07, 6.45) is 5.00. The molecule has 2 fully saturated rings. The minimum atomic E-state index is -0.239. The van der Waals surface area contributed by atoms with Crippen molar-refractivity contribution >= 4 is 17.3 Å². The smallest absolute Gasteiger partial charge is 0.306 e. The van der Waals surface area contributed by atoms with Gasteiger partial charge < -0.3 is 24.8 Å². The fourth-order valence-electron chi connectivity index (χ4n) is 3.87. The number of hydrogen-bond donors (Lipinski definition) is 1. The largest absolute Gasteiger partial charge is 0.469 e. The van der Waals surface area contributed by atoms with E-state index in [-0.39, 0.29) is 18.3 Å². The molecular formula is C21H32N2O4. The van der Waals surface area contributed by atoms with Gasteiger partial charge in [-0.15, -0.1) is 0 Å². The second kappa shape index (κ2) is 9.42. The van der Waals surface area contributed by atoms with Gasteiger partial charge in [0.1, 0.15) is 0 Å². The number of nitrogen functional groups attached to an aromatic ring is 1. The molecule has 1 saturated heterocycles. The van der Waals surface area contributed by atoms with Gasteiger partial charge in [0, 0.05) is 38.8 Å². The summed E-state index contributed by atoms with van der Waals surface area (Å²) in [4.78, 5) is 14.2. The fraction of sp³-hybridized carbons (Fsp3) is 0.667. The zero-order chi connectivity index (χ0) is 19.2. The Kier molecular flexibility index (Phi) is 6.96. The van der Waals surface area contributed by atoms with Crippen LogP contribution < -0.4 is 10.6 Å². The predicted octanol–water partition coefficient (Wildman–Crippen LogP) is 2.96. The minimum Gasteiger partial charge on any atom is -0.469 e. The van der Waals surface area contributed by atoms with Gasteiger partial charge in [0.15, 0.2) is 0 Å². The van der Waals surface area contributed by atoms with Gasteiger partial charge >= 0.3 is 5.97 Å². The van der Waals surface area contributed by atoms with E-state index in [1.807, 2.05) is 6.07 Å². The summed E-state index contributed by atoms with van der Waals surface area (Å²) < 4.78 is 15.7. The number of anilines is 2. The average molecular weight is 376 g/mol. The van der Waals surface area contributed by atoms with E-state index in [0.29, 0.717) is 12.6 Å². The summed E-state index contributed by atoms with van der Waals surface area (Å²) in [6.45, 7) is 3.16. The molecule has 0 spiro atoms. The van der Waals surface area contributed by atoms with Crippen LogP contribution in [0.1, 0.15) is 43.6 Å². The second-order valence-corrected chi connectivity index (χ2v) is 7.69. The van der Waals surface area contributed by atoms with Crippen LogP contribution in [0.2, 0.25) is 0 Å². The number of nitrogens with two attached hydrogens (primary N) is 1. The molecule has 6 heteroatoms. The summed E-state index contributed by atoms with van der Waals surface area (Å²) in [5.41, 5.74) is 9.38. The Morgan fingerprint density at radius 1 is 1.26 bits per heavy atom. The van der Waals surface area contributed by atoms with E-state index in [1.165, 1.54) is 20.0 Å². The highest BCUT2D eigenvalue weighted by Gasteiger charge is 2.30. The molecule has 1 atom stereocenters. The SMILES string of the molecule is COCC(CC(=O)OC)c1ccc(N(CC2CC2)C2CCOCC2)c(N)c1. The van der Waals surface area contributed by atoms with Gasteiger partial charge in [-0.25, -0.2) is 0 Å². The highest BCUT2D eigenvalue weighted by molar-refractivity contribution is 5.72. The molecule has 2 aliphatic rings. The van der Waals surface area contributed by atoms with Crippen molar-refractivity contribution in [1.29, 1.82) is 0 Å². The van der Waals surface area contributed by atoms with Gasteiger partial charge in [0.2, 0.25) is 0 Å². The van der Waals surface area contributed by atoms with Crippen molar-refractivity contribution in [2.75, 3.05) is 51.2 Å². The standard InChI is InChI=1S/C21H32N2O4/c1-25-14-17(12-21(24)26-2)16-5-6-20(19(22)11-16)23(13-15-3-4-15)18-7-9-27-10-8-18/h5-6,11,15,17-18H,3-4,7-10,12-14,22H2,1-2H3. The topological polar surface area (TPSA) is 74.0 Å². The number of methoxy groups -OCH3 is 2. The predicted molar refractivity (Wildman–Crippen MR) is 106 cm³/mol. The molecule has 27 heavy (non-hydrogen) atoms. The molecule has 1 aliphatic heterocycles. The van der Waals surface area contributed by atoms with Crippen molar-refractivity contribution in [3.63, 3.8) is 0 Å². The average Bonchev–Trinajstić information content (AvgIpc) is 3.51. The van der Waals surface area contributed by atoms with E-state index in [0.717, 1.165) is 55.5 Å². The third-order valence-electron chi connectivity index (χ3n) is 5.62. The third-order valence-corrected chi connectivity index (χ3v) is 5.62. The van der Waals surface area contributed by atoms with Crippen molar-refractivity contribution in [1.82, 2.24) is 0 Å². The van der Waals surface area contributed by atoms with Crippen LogP contribution in [0.15, 0.2) is 18.2 Å². The number of rotatable bonds is 9. The van der Waals surface area contributed by atoms with Gasteiger partial charge in [-0.2, -0.15) is 0 Å². The molecule has 1 saturated carbocycles. The zero-order valence-electron chi connectivity index (χ0n) is 16.5. The Morgan fingerprint density at radius 2 is 2.00 bits per heavy atom. The first-order chi connectivity index (χ1) is 13.1. The Labute approximate surface area is 161 Å². The van der Waals surface area contributed by atoms with E-state index in [2.05, 4.69) is 17.0 Å². The molecule has 0 radical (unpaired) electrons. The van der Waals surface area contributed by atoms with Gasteiger partial charge in [-0.3, -0.25) is 4.79 Å². The Morgan fingerprint density at radius 3 is 2.59 bits per heavy atom. The lowest BCUT2D eigenvalue weighted by molar-refractivity contribution is -0.141. The number of nitrogens with zero attached hydrogens (tertiary/aromatic N) is 1. The molecule has 3 rings (SSSR count). The van der Waals surface area contributed by atoms with E-state index in [1.54, 1.807) is 7.11 Å². The second-order valence-electron chi connectivity index (χ2n) is 7.69. The van der Waals surface area contributed by atoms with Crippen LogP contribution in [-0.4, -0.2) is 52.6 Å². The maximum atomic E-state index is 11.7. The van der Waals surface area contributed by atoms with Crippen LogP contribution >= 0.6 is 0 Å². The Hall–Kier alpha value is -1.79. The first kappa shape index (κ1) is 20.0. The molecule has 1 aromatic rings. The number of carbonyl (C=O) groups excluding carboxylic acids is 1. The number of carbonyl (C=O) groups is 1. The molecule has 2 N–H and O–H groups in total. The van der Waals surface area contributed by atoms with Gasteiger partial charge in [-0.1, -0.05) is 6.07 Å². The van der Waals surface area contributed by atoms with Crippen LogP contribution in [0.25, 0.3) is 0 Å². The lowest BCUT2D eigenvalue weighted by Gasteiger charge is -2.37. The number of benzene rings is 1. The molecule has 0 aromatic heterocycles. The Balaban J connectivity index is 1.80. The van der Waals surface area contributed by atoms with Crippen LogP contribution in [-0.2, 0) is 19.0 Å². The number of ether oxygens (including phenoxy) is 3. The molecule has 1 aromatic carbocycles. The van der Waals surface area contributed by atoms with Crippen LogP contribution in [0.4, 0.5) is 11.4 Å². The highest BCUT2D eigenvalue weighted by Crippen LogP contribution is 2.37. The van der Waals surface area contributed by atoms with Gasteiger partial charge in [0.25, 0.3) is 0 Å². The lowest BCUT2D eigenvalue weighted by Crippen LogP contribution is -2.41. The summed E-state index contributed by atoms with van der Waals surface area (Å²) >= 11 is 0. The fourth-order valence-corrected chi connectivity index (χ4v) is 3.87. The summed E-state index contributed by atoms with van der Waals surface area (Å²) in [5, 5.41) is 0. The normalized spacial score (nSPS) is 18.9. The van der Waals surface area contributed by atoms with Crippen molar-refractivity contribution in [2.45, 2.75) is 44.1 Å². The van der Waals surface area contributed by atoms with Gasteiger partial charge in [-0.05, 0) is 49.3 Å². The van der Waals surface area contributed by atoms with Crippen molar-refractivity contribution in [3.8, 4) is 0 Å². The third kappa shape index (κ3) is 5.36. The molecule has 1 unspecified atom stereocenters. The highest BCUT2D eigenvalue weighted by atomic mass is 16.5. The van der Waals surface area contributed by atoms with E-state index < -0.39 is 0 Å². The first-order valence-electron chi connectivity index (χ1n) is 9.92.